The van der Waals surface area contributed by atoms with Crippen LogP contribution in [0, 0.1) is 0 Å². The smallest absolute Gasteiger partial charge is 0.371 e. The minimum atomic E-state index is -4.47. The maximum Gasteiger partial charge on any atom is 0.433 e. The van der Waals surface area contributed by atoms with Gasteiger partial charge in [-0.15, -0.1) is 0 Å². The molecule has 0 aliphatic carbocycles. The van der Waals surface area contributed by atoms with E-state index in [1.165, 1.54) is 12.1 Å². The lowest BCUT2D eigenvalue weighted by molar-refractivity contribution is -0.143. The van der Waals surface area contributed by atoms with Crippen molar-refractivity contribution in [3.05, 3.63) is 28.0 Å². The maximum atomic E-state index is 12.8. The van der Waals surface area contributed by atoms with Crippen LogP contribution in [-0.2, 0) is 10.9 Å². The molecule has 1 fully saturated rings. The summed E-state index contributed by atoms with van der Waals surface area (Å²) in [5, 5.41) is 2.99. The van der Waals surface area contributed by atoms with Gasteiger partial charge < -0.3 is 10.1 Å². The lowest BCUT2D eigenvalue weighted by atomic mass is 10.1. The number of rotatable bonds is 1. The molecule has 1 aromatic heterocycles. The van der Waals surface area contributed by atoms with Gasteiger partial charge in [-0.05, 0) is 22.0 Å². The second-order valence-electron chi connectivity index (χ2n) is 3.63. The molecule has 0 spiro atoms. The minimum absolute atomic E-state index is 0.0768. The molecular formula is C10H10BrF3N2O. The Kier molecular flexibility index (Phi) is 3.70. The molecule has 0 aromatic carbocycles. The highest BCUT2D eigenvalue weighted by molar-refractivity contribution is 9.10. The molecule has 7 heteroatoms. The normalized spacial score (nSPS) is 21.5. The Morgan fingerprint density at radius 2 is 2.18 bits per heavy atom. The first-order valence-corrected chi connectivity index (χ1v) is 5.84. The number of hydrogen-bond donors (Lipinski definition) is 1. The maximum absolute atomic E-state index is 12.8. The fourth-order valence-electron chi connectivity index (χ4n) is 1.70. The van der Waals surface area contributed by atoms with Gasteiger partial charge in [-0.3, -0.25) is 0 Å². The van der Waals surface area contributed by atoms with E-state index in [0.717, 1.165) is 0 Å². The van der Waals surface area contributed by atoms with E-state index in [4.69, 9.17) is 4.74 Å². The van der Waals surface area contributed by atoms with E-state index in [1.807, 2.05) is 0 Å². The largest absolute Gasteiger partial charge is 0.433 e. The summed E-state index contributed by atoms with van der Waals surface area (Å²) < 4.78 is 44.0. The molecule has 1 aliphatic heterocycles. The lowest BCUT2D eigenvalue weighted by Gasteiger charge is -2.25. The topological polar surface area (TPSA) is 34.2 Å². The quantitative estimate of drug-likeness (QED) is 0.809. The SMILES string of the molecule is FC(F)(F)c1nc(Br)ccc1C1CNCCO1. The van der Waals surface area contributed by atoms with Crippen LogP contribution in [0.3, 0.4) is 0 Å². The Labute approximate surface area is 104 Å². The molecule has 0 amide bonds. The number of ether oxygens (including phenoxy) is 1. The Hall–Kier alpha value is -0.660. The third-order valence-corrected chi connectivity index (χ3v) is 2.88. The van der Waals surface area contributed by atoms with Crippen molar-refractivity contribution in [2.75, 3.05) is 19.7 Å². The van der Waals surface area contributed by atoms with E-state index in [-0.39, 0.29) is 10.2 Å². The van der Waals surface area contributed by atoms with Crippen LogP contribution < -0.4 is 5.32 Å². The molecule has 0 saturated carbocycles. The molecule has 1 unspecified atom stereocenters. The van der Waals surface area contributed by atoms with Crippen molar-refractivity contribution < 1.29 is 17.9 Å². The van der Waals surface area contributed by atoms with Gasteiger partial charge in [-0.1, -0.05) is 6.07 Å². The molecule has 1 atom stereocenters. The van der Waals surface area contributed by atoms with Gasteiger partial charge in [-0.25, -0.2) is 4.98 Å². The Balaban J connectivity index is 2.38. The monoisotopic (exact) mass is 310 g/mol. The molecule has 3 nitrogen and oxygen atoms in total. The van der Waals surface area contributed by atoms with Gasteiger partial charge in [-0.2, -0.15) is 13.2 Å². The molecule has 0 radical (unpaired) electrons. The molecular weight excluding hydrogens is 301 g/mol. The molecule has 0 bridgehead atoms. The lowest BCUT2D eigenvalue weighted by Crippen LogP contribution is -2.34. The third-order valence-electron chi connectivity index (χ3n) is 2.44. The highest BCUT2D eigenvalue weighted by Crippen LogP contribution is 2.35. The van der Waals surface area contributed by atoms with Crippen molar-refractivity contribution in [3.63, 3.8) is 0 Å². The fraction of sp³-hybridized carbons (Fsp3) is 0.500. The van der Waals surface area contributed by atoms with Gasteiger partial charge in [0.25, 0.3) is 0 Å². The van der Waals surface area contributed by atoms with Gasteiger partial charge >= 0.3 is 6.18 Å². The van der Waals surface area contributed by atoms with Crippen molar-refractivity contribution in [2.24, 2.45) is 0 Å². The molecule has 2 heterocycles. The first-order valence-electron chi connectivity index (χ1n) is 5.04. The van der Waals surface area contributed by atoms with Gasteiger partial charge in [0.2, 0.25) is 0 Å². The van der Waals surface area contributed by atoms with Crippen LogP contribution >= 0.6 is 15.9 Å². The predicted molar refractivity (Wildman–Crippen MR) is 58.5 cm³/mol. The summed E-state index contributed by atoms with van der Waals surface area (Å²) in [5.41, 5.74) is -0.812. The second kappa shape index (κ2) is 4.91. The number of nitrogens with zero attached hydrogens (tertiary/aromatic N) is 1. The van der Waals surface area contributed by atoms with Crippen molar-refractivity contribution in [2.45, 2.75) is 12.3 Å². The summed E-state index contributed by atoms with van der Waals surface area (Å²) in [4.78, 5) is 3.50. The van der Waals surface area contributed by atoms with E-state index >= 15 is 0 Å². The molecule has 1 aromatic rings. The molecule has 94 valence electrons. The summed E-state index contributed by atoms with van der Waals surface area (Å²) in [6, 6.07) is 2.89. The van der Waals surface area contributed by atoms with Crippen LogP contribution in [0.25, 0.3) is 0 Å². The Morgan fingerprint density at radius 3 is 2.76 bits per heavy atom. The van der Waals surface area contributed by atoms with Crippen molar-refractivity contribution in [1.82, 2.24) is 10.3 Å². The molecule has 1 aliphatic rings. The van der Waals surface area contributed by atoms with Crippen molar-refractivity contribution >= 4 is 15.9 Å². The highest BCUT2D eigenvalue weighted by atomic mass is 79.9. The summed E-state index contributed by atoms with van der Waals surface area (Å²) in [5.74, 6) is 0. The number of aromatic nitrogens is 1. The molecule has 1 saturated heterocycles. The summed E-state index contributed by atoms with van der Waals surface area (Å²) in [6.45, 7) is 1.42. The van der Waals surface area contributed by atoms with Crippen molar-refractivity contribution in [3.8, 4) is 0 Å². The number of halogens is 4. The second-order valence-corrected chi connectivity index (χ2v) is 4.45. The average molecular weight is 311 g/mol. The van der Waals surface area contributed by atoms with E-state index in [0.29, 0.717) is 19.7 Å². The Morgan fingerprint density at radius 1 is 1.41 bits per heavy atom. The number of pyridine rings is 1. The standard InChI is InChI=1S/C10H10BrF3N2O/c11-8-2-1-6(7-5-15-3-4-17-7)9(16-8)10(12,13)14/h1-2,7,15H,3-5H2. The number of alkyl halides is 3. The van der Waals surface area contributed by atoms with E-state index in [2.05, 4.69) is 26.2 Å². The fourth-order valence-corrected chi connectivity index (χ4v) is 2.01. The van der Waals surface area contributed by atoms with Gasteiger partial charge in [0.1, 0.15) is 4.60 Å². The molecule has 17 heavy (non-hydrogen) atoms. The third kappa shape index (κ3) is 2.97. The zero-order valence-electron chi connectivity index (χ0n) is 8.72. The van der Waals surface area contributed by atoms with Crippen LogP contribution in [0.2, 0.25) is 0 Å². The van der Waals surface area contributed by atoms with E-state index in [1.54, 1.807) is 0 Å². The zero-order valence-corrected chi connectivity index (χ0v) is 10.3. The van der Waals surface area contributed by atoms with Gasteiger partial charge in [0, 0.05) is 18.7 Å². The Bertz CT molecular complexity index is 405. The number of hydrogen-bond acceptors (Lipinski definition) is 3. The minimum Gasteiger partial charge on any atom is -0.371 e. The van der Waals surface area contributed by atoms with Gasteiger partial charge in [0.05, 0.1) is 12.7 Å². The van der Waals surface area contributed by atoms with Gasteiger partial charge in [0.15, 0.2) is 5.69 Å². The average Bonchev–Trinajstić information content (AvgIpc) is 2.29. The summed E-state index contributed by atoms with van der Waals surface area (Å²) in [7, 11) is 0. The van der Waals surface area contributed by atoms with E-state index < -0.39 is 18.0 Å². The summed E-state index contributed by atoms with van der Waals surface area (Å²) >= 11 is 2.95. The predicted octanol–water partition coefficient (Wildman–Crippen LogP) is 2.52. The number of nitrogens with one attached hydrogen (secondary N) is 1. The first-order chi connectivity index (χ1) is 7.98. The van der Waals surface area contributed by atoms with Crippen LogP contribution in [0.15, 0.2) is 16.7 Å². The zero-order chi connectivity index (χ0) is 12.5. The summed E-state index contributed by atoms with van der Waals surface area (Å²) in [6.07, 6.45) is -5.07. The highest BCUT2D eigenvalue weighted by Gasteiger charge is 2.38. The van der Waals surface area contributed by atoms with Crippen LogP contribution in [0.4, 0.5) is 13.2 Å². The van der Waals surface area contributed by atoms with Crippen molar-refractivity contribution in [1.29, 1.82) is 0 Å². The van der Waals surface area contributed by atoms with E-state index in [9.17, 15) is 13.2 Å². The van der Waals surface area contributed by atoms with Crippen LogP contribution in [-0.4, -0.2) is 24.7 Å². The van der Waals surface area contributed by atoms with Crippen LogP contribution in [0.5, 0.6) is 0 Å². The van der Waals surface area contributed by atoms with Crippen LogP contribution in [0.1, 0.15) is 17.4 Å². The number of morpholine rings is 1. The first kappa shape index (κ1) is 12.8. The molecule has 1 N–H and O–H groups in total. The molecule has 2 rings (SSSR count).